The molecule has 0 spiro atoms. The Morgan fingerprint density at radius 3 is 2.47 bits per heavy atom. The maximum absolute atomic E-state index is 11.8. The summed E-state index contributed by atoms with van der Waals surface area (Å²) >= 11 is 0. The fraction of sp³-hybridized carbons (Fsp3) is 0.107. The number of hydrogen-bond acceptors (Lipinski definition) is 5. The molecular weight excluding hydrogens is 428 g/mol. The van der Waals surface area contributed by atoms with E-state index in [2.05, 4.69) is 17.1 Å². The van der Waals surface area contributed by atoms with Gasteiger partial charge in [0.1, 0.15) is 5.75 Å². The van der Waals surface area contributed by atoms with Gasteiger partial charge in [0, 0.05) is 23.7 Å². The van der Waals surface area contributed by atoms with E-state index < -0.39 is 5.97 Å². The molecule has 4 rings (SSSR count). The first-order chi connectivity index (χ1) is 16.3. The number of Topliss-reactive ketones (excluding diaryl/α,β-unsaturated/α-hetero) is 1. The van der Waals surface area contributed by atoms with Crippen molar-refractivity contribution in [3.05, 3.63) is 101 Å². The summed E-state index contributed by atoms with van der Waals surface area (Å²) in [6, 6.07) is 23.7. The molecule has 0 radical (unpaired) electrons. The average molecular weight is 453 g/mol. The van der Waals surface area contributed by atoms with Crippen LogP contribution in [-0.2, 0) is 6.54 Å². The SMILES string of the molecule is CC(=O)c1ccc(-c2cccc(Oc3cc(C)cc(-c4cccc(CN)c4)c3)n2)c(C(=O)O)c1. The van der Waals surface area contributed by atoms with E-state index in [1.165, 1.54) is 13.0 Å². The second-order valence-electron chi connectivity index (χ2n) is 8.02. The molecule has 0 aliphatic heterocycles. The number of aryl methyl sites for hydroxylation is 1. The van der Waals surface area contributed by atoms with Gasteiger partial charge in [-0.05, 0) is 66.4 Å². The van der Waals surface area contributed by atoms with Crippen molar-refractivity contribution >= 4 is 11.8 Å². The highest BCUT2D eigenvalue weighted by Crippen LogP contribution is 2.31. The van der Waals surface area contributed by atoms with Gasteiger partial charge in [-0.1, -0.05) is 42.5 Å². The van der Waals surface area contributed by atoms with Crippen LogP contribution in [0.25, 0.3) is 22.4 Å². The van der Waals surface area contributed by atoms with Gasteiger partial charge in [0.2, 0.25) is 5.88 Å². The topological polar surface area (TPSA) is 103 Å². The van der Waals surface area contributed by atoms with E-state index in [1.807, 2.05) is 37.3 Å². The van der Waals surface area contributed by atoms with Crippen LogP contribution in [0.2, 0.25) is 0 Å². The number of carboxylic acids is 1. The standard InChI is InChI=1S/C28H24N2O4/c1-17-11-22(21-6-3-5-19(13-21)16-29)14-23(12-17)34-27-8-4-7-26(30-27)24-10-9-20(18(2)31)15-25(24)28(32)33/h3-15H,16,29H2,1-2H3,(H,32,33). The summed E-state index contributed by atoms with van der Waals surface area (Å²) in [6.07, 6.45) is 0. The molecular formula is C28H24N2O4. The highest BCUT2D eigenvalue weighted by Gasteiger charge is 2.16. The van der Waals surface area contributed by atoms with Crippen LogP contribution >= 0.6 is 0 Å². The molecule has 1 aromatic heterocycles. The molecule has 0 amide bonds. The number of pyridine rings is 1. The van der Waals surface area contributed by atoms with Crippen LogP contribution in [0.15, 0.2) is 78.9 Å². The molecule has 0 aliphatic carbocycles. The summed E-state index contributed by atoms with van der Waals surface area (Å²) in [6.45, 7) is 3.85. The van der Waals surface area contributed by atoms with E-state index in [0.717, 1.165) is 22.3 Å². The minimum atomic E-state index is -1.13. The van der Waals surface area contributed by atoms with Crippen LogP contribution in [0.5, 0.6) is 11.6 Å². The van der Waals surface area contributed by atoms with Crippen molar-refractivity contribution in [2.75, 3.05) is 0 Å². The lowest BCUT2D eigenvalue weighted by molar-refractivity contribution is 0.0697. The predicted molar refractivity (Wildman–Crippen MR) is 131 cm³/mol. The van der Waals surface area contributed by atoms with Crippen molar-refractivity contribution < 1.29 is 19.4 Å². The van der Waals surface area contributed by atoms with Crippen molar-refractivity contribution in [2.45, 2.75) is 20.4 Å². The number of ether oxygens (including phenoxy) is 1. The smallest absolute Gasteiger partial charge is 0.336 e. The minimum absolute atomic E-state index is 0.00924. The monoisotopic (exact) mass is 452 g/mol. The Morgan fingerprint density at radius 2 is 1.74 bits per heavy atom. The molecule has 6 heteroatoms. The maximum atomic E-state index is 11.8. The lowest BCUT2D eigenvalue weighted by atomic mass is 9.99. The van der Waals surface area contributed by atoms with Crippen LogP contribution in [0.4, 0.5) is 0 Å². The second-order valence-corrected chi connectivity index (χ2v) is 8.02. The van der Waals surface area contributed by atoms with Crippen molar-refractivity contribution in [1.82, 2.24) is 4.98 Å². The zero-order chi connectivity index (χ0) is 24.2. The number of nitrogens with two attached hydrogens (primary N) is 1. The molecule has 0 saturated heterocycles. The van der Waals surface area contributed by atoms with Crippen LogP contribution < -0.4 is 10.5 Å². The highest BCUT2D eigenvalue weighted by atomic mass is 16.5. The molecule has 0 atom stereocenters. The van der Waals surface area contributed by atoms with Crippen molar-refractivity contribution in [3.63, 3.8) is 0 Å². The lowest BCUT2D eigenvalue weighted by Crippen LogP contribution is -2.04. The number of carbonyl (C=O) groups is 2. The van der Waals surface area contributed by atoms with E-state index in [0.29, 0.717) is 35.0 Å². The summed E-state index contributed by atoms with van der Waals surface area (Å²) in [5, 5.41) is 9.67. The molecule has 3 aromatic carbocycles. The molecule has 1 heterocycles. The fourth-order valence-corrected chi connectivity index (χ4v) is 3.76. The second kappa shape index (κ2) is 9.68. The summed E-state index contributed by atoms with van der Waals surface area (Å²) in [5.74, 6) is -0.388. The largest absolute Gasteiger partial charge is 0.478 e. The zero-order valence-corrected chi connectivity index (χ0v) is 18.9. The van der Waals surface area contributed by atoms with Gasteiger partial charge in [0.05, 0.1) is 11.3 Å². The maximum Gasteiger partial charge on any atom is 0.336 e. The quantitative estimate of drug-likeness (QED) is 0.340. The Morgan fingerprint density at radius 1 is 0.941 bits per heavy atom. The number of aromatic nitrogens is 1. The van der Waals surface area contributed by atoms with Gasteiger partial charge < -0.3 is 15.6 Å². The van der Waals surface area contributed by atoms with Crippen LogP contribution in [0.3, 0.4) is 0 Å². The average Bonchev–Trinajstić information content (AvgIpc) is 2.83. The number of benzene rings is 3. The van der Waals surface area contributed by atoms with Gasteiger partial charge in [-0.25, -0.2) is 9.78 Å². The third-order valence-corrected chi connectivity index (χ3v) is 5.43. The van der Waals surface area contributed by atoms with E-state index >= 15 is 0 Å². The third-order valence-electron chi connectivity index (χ3n) is 5.43. The number of aromatic carboxylic acids is 1. The Bertz CT molecular complexity index is 1400. The normalized spacial score (nSPS) is 10.7. The third kappa shape index (κ3) is 5.03. The predicted octanol–water partition coefficient (Wildman–Crippen LogP) is 5.88. The molecule has 0 fully saturated rings. The van der Waals surface area contributed by atoms with Crippen molar-refractivity contribution in [1.29, 1.82) is 0 Å². The van der Waals surface area contributed by atoms with Crippen LogP contribution in [0.1, 0.15) is 38.8 Å². The van der Waals surface area contributed by atoms with Gasteiger partial charge in [-0.3, -0.25) is 4.79 Å². The molecule has 34 heavy (non-hydrogen) atoms. The van der Waals surface area contributed by atoms with Crippen molar-refractivity contribution in [2.24, 2.45) is 5.73 Å². The first kappa shape index (κ1) is 22.9. The van der Waals surface area contributed by atoms with Crippen molar-refractivity contribution in [3.8, 4) is 34.0 Å². The molecule has 0 aliphatic rings. The number of carboxylic acid groups (broad SMARTS) is 1. The number of rotatable bonds is 7. The van der Waals surface area contributed by atoms with Gasteiger partial charge in [0.15, 0.2) is 5.78 Å². The zero-order valence-electron chi connectivity index (χ0n) is 18.9. The molecule has 0 bridgehead atoms. The molecule has 0 saturated carbocycles. The fourth-order valence-electron chi connectivity index (χ4n) is 3.76. The summed E-state index contributed by atoms with van der Waals surface area (Å²) < 4.78 is 6.07. The molecule has 4 aromatic rings. The van der Waals surface area contributed by atoms with E-state index in [9.17, 15) is 14.7 Å². The van der Waals surface area contributed by atoms with Gasteiger partial charge in [0.25, 0.3) is 0 Å². The van der Waals surface area contributed by atoms with Crippen LogP contribution in [0, 0.1) is 6.92 Å². The molecule has 3 N–H and O–H groups in total. The van der Waals surface area contributed by atoms with E-state index in [1.54, 1.807) is 30.3 Å². The first-order valence-electron chi connectivity index (χ1n) is 10.8. The van der Waals surface area contributed by atoms with E-state index in [4.69, 9.17) is 10.5 Å². The van der Waals surface area contributed by atoms with Crippen LogP contribution in [-0.4, -0.2) is 21.8 Å². The number of hydrogen-bond donors (Lipinski definition) is 2. The Hall–Kier alpha value is -4.29. The molecule has 0 unspecified atom stereocenters. The summed E-state index contributed by atoms with van der Waals surface area (Å²) in [7, 11) is 0. The highest BCUT2D eigenvalue weighted by molar-refractivity contribution is 6.01. The summed E-state index contributed by atoms with van der Waals surface area (Å²) in [5.41, 5.74) is 11.1. The Balaban J connectivity index is 1.68. The molecule has 6 nitrogen and oxygen atoms in total. The number of carbonyl (C=O) groups excluding carboxylic acids is 1. The van der Waals surface area contributed by atoms with Gasteiger partial charge >= 0.3 is 5.97 Å². The van der Waals surface area contributed by atoms with Gasteiger partial charge in [-0.15, -0.1) is 0 Å². The molecule has 170 valence electrons. The number of ketones is 1. The van der Waals surface area contributed by atoms with Gasteiger partial charge in [-0.2, -0.15) is 0 Å². The minimum Gasteiger partial charge on any atom is -0.478 e. The number of nitrogens with zero attached hydrogens (tertiary/aromatic N) is 1. The van der Waals surface area contributed by atoms with E-state index in [-0.39, 0.29) is 11.3 Å². The summed E-state index contributed by atoms with van der Waals surface area (Å²) in [4.78, 5) is 28.0. The Labute approximate surface area is 197 Å². The first-order valence-corrected chi connectivity index (χ1v) is 10.8. The lowest BCUT2D eigenvalue weighted by Gasteiger charge is -2.12. The Kier molecular flexibility index (Phi) is 6.52.